The Morgan fingerprint density at radius 2 is 1.68 bits per heavy atom. The molecule has 152 valence electrons. The molecule has 2 aromatic carbocycles. The second-order valence-corrected chi connectivity index (χ2v) is 10.1. The fourth-order valence-corrected chi connectivity index (χ4v) is 4.50. The highest BCUT2D eigenvalue weighted by molar-refractivity contribution is 7.91. The lowest BCUT2D eigenvalue weighted by Gasteiger charge is -2.13. The molecule has 0 atom stereocenters. The monoisotopic (exact) mass is 428 g/mol. The van der Waals surface area contributed by atoms with Gasteiger partial charge in [0, 0.05) is 20.6 Å². The van der Waals surface area contributed by atoms with Crippen LogP contribution < -0.4 is 10.5 Å². The van der Waals surface area contributed by atoms with Gasteiger partial charge >= 0.3 is 0 Å². The number of sulfonamides is 1. The molecule has 2 aromatic rings. The van der Waals surface area contributed by atoms with Gasteiger partial charge in [-0.2, -0.15) is 0 Å². The van der Waals surface area contributed by atoms with Crippen molar-refractivity contribution in [1.82, 2.24) is 4.31 Å². The molecule has 28 heavy (non-hydrogen) atoms. The molecular formula is C18H21FN2O5S2. The molecule has 0 aliphatic carbocycles. The summed E-state index contributed by atoms with van der Waals surface area (Å²) < 4.78 is 69.6. The van der Waals surface area contributed by atoms with Crippen molar-refractivity contribution in [3.05, 3.63) is 60.4 Å². The van der Waals surface area contributed by atoms with Crippen molar-refractivity contribution < 1.29 is 26.0 Å². The number of para-hydroxylation sites is 1. The van der Waals surface area contributed by atoms with E-state index in [1.54, 1.807) is 6.07 Å². The Labute approximate surface area is 164 Å². The van der Waals surface area contributed by atoms with Crippen molar-refractivity contribution in [3.63, 3.8) is 0 Å². The van der Waals surface area contributed by atoms with Gasteiger partial charge in [0.15, 0.2) is 9.84 Å². The highest BCUT2D eigenvalue weighted by Crippen LogP contribution is 2.31. The number of nitrogens with zero attached hydrogens (tertiary/aromatic N) is 1. The summed E-state index contributed by atoms with van der Waals surface area (Å²) in [5, 5.41) is 0. The minimum absolute atomic E-state index is 0.00580. The van der Waals surface area contributed by atoms with Gasteiger partial charge in [0.2, 0.25) is 10.0 Å². The molecule has 0 saturated carbocycles. The van der Waals surface area contributed by atoms with Gasteiger partial charge in [0.05, 0.1) is 4.90 Å². The van der Waals surface area contributed by atoms with Gasteiger partial charge < -0.3 is 10.5 Å². The Morgan fingerprint density at radius 1 is 1.07 bits per heavy atom. The van der Waals surface area contributed by atoms with E-state index in [1.807, 2.05) is 0 Å². The summed E-state index contributed by atoms with van der Waals surface area (Å²) in [5.74, 6) is -1.44. The van der Waals surface area contributed by atoms with Gasteiger partial charge in [-0.1, -0.05) is 12.1 Å². The summed E-state index contributed by atoms with van der Waals surface area (Å²) in [5.41, 5.74) is 5.20. The number of benzene rings is 2. The third-order valence-corrected chi connectivity index (χ3v) is 7.17. The zero-order valence-electron chi connectivity index (χ0n) is 15.4. The molecule has 0 unspecified atom stereocenters. The van der Waals surface area contributed by atoms with Gasteiger partial charge in [0.1, 0.15) is 28.0 Å². The Morgan fingerprint density at radius 3 is 2.25 bits per heavy atom. The number of nitrogens with two attached hydrogens (primary N) is 1. The van der Waals surface area contributed by atoms with Crippen LogP contribution in [-0.4, -0.2) is 47.5 Å². The van der Waals surface area contributed by atoms with Crippen LogP contribution in [0.2, 0.25) is 0 Å². The molecule has 0 heterocycles. The molecule has 2 N–H and O–H groups in total. The fraction of sp³-hybridized carbons (Fsp3) is 0.222. The van der Waals surface area contributed by atoms with Crippen molar-refractivity contribution in [3.8, 4) is 11.5 Å². The molecule has 10 heteroatoms. The summed E-state index contributed by atoms with van der Waals surface area (Å²) in [6.07, 6.45) is 0.991. The Bertz CT molecular complexity index is 1060. The average molecular weight is 429 g/mol. The predicted octanol–water partition coefficient (Wildman–Crippen LogP) is 2.32. The van der Waals surface area contributed by atoms with Crippen LogP contribution in [0.15, 0.2) is 70.2 Å². The zero-order chi connectivity index (χ0) is 20.9. The third kappa shape index (κ3) is 5.16. The molecular weight excluding hydrogens is 407 g/mol. The van der Waals surface area contributed by atoms with E-state index in [4.69, 9.17) is 10.5 Å². The van der Waals surface area contributed by atoms with Crippen molar-refractivity contribution >= 4 is 19.9 Å². The van der Waals surface area contributed by atoms with Crippen LogP contribution in [-0.2, 0) is 19.9 Å². The standard InChI is InChI=1S/C18H21FN2O5S2/c1-21(2)28(24,25)16-9-7-15(8-10-16)26-17-5-3-4-6-18(17)27(22,23)13-14(19)11-12-20/h3-11H,12-13,20H2,1-2H3. The highest BCUT2D eigenvalue weighted by Gasteiger charge is 2.22. The molecule has 0 spiro atoms. The van der Waals surface area contributed by atoms with Crippen LogP contribution in [0.25, 0.3) is 0 Å². The Kier molecular flexibility index (Phi) is 6.94. The van der Waals surface area contributed by atoms with E-state index in [-0.39, 0.29) is 27.8 Å². The van der Waals surface area contributed by atoms with Crippen LogP contribution in [0.3, 0.4) is 0 Å². The first kappa shape index (κ1) is 22.0. The van der Waals surface area contributed by atoms with Crippen molar-refractivity contribution in [2.24, 2.45) is 5.73 Å². The molecule has 0 fully saturated rings. The van der Waals surface area contributed by atoms with E-state index in [9.17, 15) is 21.2 Å². The predicted molar refractivity (Wildman–Crippen MR) is 104 cm³/mol. The molecule has 0 radical (unpaired) electrons. The van der Waals surface area contributed by atoms with Crippen molar-refractivity contribution in [1.29, 1.82) is 0 Å². The van der Waals surface area contributed by atoms with Crippen LogP contribution in [0, 0.1) is 0 Å². The highest BCUT2D eigenvalue weighted by atomic mass is 32.2. The molecule has 0 amide bonds. The number of halogens is 1. The van der Waals surface area contributed by atoms with Crippen LogP contribution in [0.1, 0.15) is 0 Å². The normalized spacial score (nSPS) is 13.0. The second kappa shape index (κ2) is 8.82. The summed E-state index contributed by atoms with van der Waals surface area (Å²) in [4.78, 5) is -0.111. The van der Waals surface area contributed by atoms with E-state index in [2.05, 4.69) is 0 Å². The summed E-state index contributed by atoms with van der Waals surface area (Å²) in [7, 11) is -4.76. The van der Waals surface area contributed by atoms with E-state index in [0.717, 1.165) is 10.4 Å². The van der Waals surface area contributed by atoms with Crippen LogP contribution in [0.4, 0.5) is 4.39 Å². The largest absolute Gasteiger partial charge is 0.456 e. The second-order valence-electron chi connectivity index (χ2n) is 5.95. The van der Waals surface area contributed by atoms with Gasteiger partial charge in [-0.3, -0.25) is 0 Å². The van der Waals surface area contributed by atoms with E-state index in [0.29, 0.717) is 0 Å². The lowest BCUT2D eigenvalue weighted by atomic mass is 10.3. The molecule has 2 rings (SSSR count). The van der Waals surface area contributed by atoms with Gasteiger partial charge in [-0.25, -0.2) is 25.5 Å². The smallest absolute Gasteiger partial charge is 0.242 e. The third-order valence-electron chi connectivity index (χ3n) is 3.68. The van der Waals surface area contributed by atoms with E-state index >= 15 is 0 Å². The number of hydrogen-bond acceptors (Lipinski definition) is 6. The molecule has 7 nitrogen and oxygen atoms in total. The lowest BCUT2D eigenvalue weighted by Crippen LogP contribution is -2.22. The van der Waals surface area contributed by atoms with Gasteiger partial charge in [-0.15, -0.1) is 0 Å². The first-order chi connectivity index (χ1) is 13.1. The maximum Gasteiger partial charge on any atom is 0.242 e. The molecule has 0 aromatic heterocycles. The van der Waals surface area contributed by atoms with Crippen molar-refractivity contribution in [2.75, 3.05) is 26.4 Å². The number of rotatable bonds is 8. The summed E-state index contributed by atoms with van der Waals surface area (Å²) >= 11 is 0. The van der Waals surface area contributed by atoms with Gasteiger partial charge in [0.25, 0.3) is 0 Å². The van der Waals surface area contributed by atoms with E-state index < -0.39 is 31.4 Å². The SMILES string of the molecule is CN(C)S(=O)(=O)c1ccc(Oc2ccccc2S(=O)(=O)CC(F)=CCN)cc1. The van der Waals surface area contributed by atoms with E-state index in [1.165, 1.54) is 56.6 Å². The summed E-state index contributed by atoms with van der Waals surface area (Å²) in [6, 6.07) is 11.3. The molecule has 0 saturated heterocycles. The van der Waals surface area contributed by atoms with Crippen LogP contribution in [0.5, 0.6) is 11.5 Å². The first-order valence-corrected chi connectivity index (χ1v) is 11.2. The minimum atomic E-state index is -4.00. The van der Waals surface area contributed by atoms with Crippen LogP contribution >= 0.6 is 0 Å². The zero-order valence-corrected chi connectivity index (χ0v) is 17.0. The average Bonchev–Trinajstić information content (AvgIpc) is 2.62. The maximum atomic E-state index is 13.7. The maximum absolute atomic E-state index is 13.7. The number of sulfone groups is 1. The first-order valence-electron chi connectivity index (χ1n) is 8.15. The Hall–Kier alpha value is -2.27. The van der Waals surface area contributed by atoms with Crippen molar-refractivity contribution in [2.45, 2.75) is 9.79 Å². The molecule has 0 bridgehead atoms. The topological polar surface area (TPSA) is 107 Å². The minimum Gasteiger partial charge on any atom is -0.456 e. The van der Waals surface area contributed by atoms with Gasteiger partial charge in [-0.05, 0) is 42.5 Å². The lowest BCUT2D eigenvalue weighted by molar-refractivity contribution is 0.466. The Balaban J connectivity index is 2.33. The fourth-order valence-electron chi connectivity index (χ4n) is 2.25. The quantitative estimate of drug-likeness (QED) is 0.692. The number of hydrogen-bond donors (Lipinski definition) is 1. The number of ether oxygens (including phenoxy) is 1. The molecule has 0 aliphatic rings. The molecule has 0 aliphatic heterocycles. The summed E-state index contributed by atoms with van der Waals surface area (Å²) in [6.45, 7) is -0.109.